The van der Waals surface area contributed by atoms with Crippen molar-refractivity contribution in [3.05, 3.63) is 36.1 Å². The van der Waals surface area contributed by atoms with Crippen LogP contribution in [0, 0.1) is 0 Å². The fourth-order valence-corrected chi connectivity index (χ4v) is 2.40. The Hall–Kier alpha value is -2.11. The van der Waals surface area contributed by atoms with Crippen LogP contribution >= 0.6 is 0 Å². The summed E-state index contributed by atoms with van der Waals surface area (Å²) in [6, 6.07) is 6.07. The number of ether oxygens (including phenoxy) is 2. The van der Waals surface area contributed by atoms with Crippen LogP contribution in [-0.2, 0) is 24.3 Å². The molecule has 0 saturated carbocycles. The molecule has 0 atom stereocenters. The van der Waals surface area contributed by atoms with Crippen molar-refractivity contribution in [1.82, 2.24) is 0 Å². The van der Waals surface area contributed by atoms with E-state index in [0.29, 0.717) is 24.5 Å². The number of sulfonamides is 1. The number of isocyanates is 1. The zero-order valence-corrected chi connectivity index (χ0v) is 10.0. The Kier molecular flexibility index (Phi) is 3.45. The minimum absolute atomic E-state index is 0.120. The topological polar surface area (TPSA) is 82.0 Å². The molecule has 0 amide bonds. The third kappa shape index (κ3) is 2.42. The lowest BCUT2D eigenvalue weighted by Crippen LogP contribution is -2.10. The Morgan fingerprint density at radius 3 is 2.67 bits per heavy atom. The first-order valence-electron chi connectivity index (χ1n) is 5.03. The summed E-state index contributed by atoms with van der Waals surface area (Å²) in [5, 5.41) is 0. The van der Waals surface area contributed by atoms with Gasteiger partial charge in [-0.2, -0.15) is 8.42 Å². The fourth-order valence-electron chi connectivity index (χ4n) is 1.50. The lowest BCUT2D eigenvalue weighted by Gasteiger charge is -2.17. The van der Waals surface area contributed by atoms with Crippen LogP contribution in [-0.4, -0.2) is 27.7 Å². The second-order valence-corrected chi connectivity index (χ2v) is 4.93. The molecule has 0 N–H and O–H groups in total. The van der Waals surface area contributed by atoms with E-state index in [9.17, 15) is 13.2 Å². The van der Waals surface area contributed by atoms with E-state index in [1.165, 1.54) is 18.4 Å². The number of benzene rings is 1. The van der Waals surface area contributed by atoms with E-state index in [4.69, 9.17) is 9.47 Å². The Labute approximate surface area is 104 Å². The van der Waals surface area contributed by atoms with Crippen molar-refractivity contribution in [2.45, 2.75) is 4.90 Å². The van der Waals surface area contributed by atoms with Gasteiger partial charge in [0, 0.05) is 5.56 Å². The van der Waals surface area contributed by atoms with Crippen LogP contribution in [0.5, 0.6) is 0 Å². The smallest absolute Gasteiger partial charge is 0.293 e. The first-order chi connectivity index (χ1) is 8.65. The molecule has 6 nitrogen and oxygen atoms in total. The van der Waals surface area contributed by atoms with Gasteiger partial charge in [-0.05, 0) is 12.1 Å². The van der Waals surface area contributed by atoms with Crippen molar-refractivity contribution >= 4 is 21.9 Å². The van der Waals surface area contributed by atoms with E-state index in [1.54, 1.807) is 12.1 Å². The van der Waals surface area contributed by atoms with E-state index in [1.807, 2.05) is 0 Å². The molecule has 94 valence electrons. The van der Waals surface area contributed by atoms with Gasteiger partial charge in [0.1, 0.15) is 24.4 Å². The highest BCUT2D eigenvalue weighted by molar-refractivity contribution is 7.90. The minimum atomic E-state index is -4.07. The predicted octanol–water partition coefficient (Wildman–Crippen LogP) is 1.06. The molecule has 1 heterocycles. The summed E-state index contributed by atoms with van der Waals surface area (Å²) in [5.41, 5.74) is 0.302. The zero-order chi connectivity index (χ0) is 13.0. The van der Waals surface area contributed by atoms with Gasteiger partial charge in [0.15, 0.2) is 5.76 Å². The van der Waals surface area contributed by atoms with Gasteiger partial charge in [-0.15, -0.1) is 0 Å². The van der Waals surface area contributed by atoms with Crippen molar-refractivity contribution < 1.29 is 22.7 Å². The van der Waals surface area contributed by atoms with Crippen molar-refractivity contribution in [1.29, 1.82) is 0 Å². The Balaban J connectivity index is 2.56. The molecular weight excluding hydrogens is 258 g/mol. The standard InChI is InChI=1S/C11H9NO5S/c13-8-12-18(14,15)11-4-2-1-3-9(11)10-7-16-5-6-17-10/h1-4,7H,5-6H2. The summed E-state index contributed by atoms with van der Waals surface area (Å²) in [6.07, 6.45) is 2.37. The summed E-state index contributed by atoms with van der Waals surface area (Å²) in [7, 11) is -4.07. The Morgan fingerprint density at radius 1 is 1.22 bits per heavy atom. The van der Waals surface area contributed by atoms with Gasteiger partial charge < -0.3 is 9.47 Å². The van der Waals surface area contributed by atoms with E-state index >= 15 is 0 Å². The normalized spacial score (nSPS) is 14.8. The molecule has 0 saturated heterocycles. The van der Waals surface area contributed by atoms with E-state index in [0.717, 1.165) is 6.08 Å². The van der Waals surface area contributed by atoms with Crippen LogP contribution in [0.3, 0.4) is 0 Å². The second-order valence-electron chi connectivity index (χ2n) is 3.36. The summed E-state index contributed by atoms with van der Waals surface area (Å²) in [6.45, 7) is 0.738. The van der Waals surface area contributed by atoms with Crippen molar-refractivity contribution in [3.8, 4) is 0 Å². The molecule has 0 unspecified atom stereocenters. The molecule has 1 aromatic carbocycles. The van der Waals surface area contributed by atoms with Gasteiger partial charge >= 0.3 is 0 Å². The lowest BCUT2D eigenvalue weighted by atomic mass is 10.2. The molecule has 0 radical (unpaired) electrons. The van der Waals surface area contributed by atoms with Crippen LogP contribution in [0.4, 0.5) is 0 Å². The quantitative estimate of drug-likeness (QED) is 0.604. The van der Waals surface area contributed by atoms with Gasteiger partial charge in [-0.25, -0.2) is 4.79 Å². The number of hydrogen-bond acceptors (Lipinski definition) is 5. The van der Waals surface area contributed by atoms with Crippen LogP contribution in [0.25, 0.3) is 5.76 Å². The van der Waals surface area contributed by atoms with Crippen molar-refractivity contribution in [2.24, 2.45) is 4.40 Å². The minimum Gasteiger partial charge on any atom is -0.494 e. The van der Waals surface area contributed by atoms with Crippen LogP contribution in [0.15, 0.2) is 39.8 Å². The SMILES string of the molecule is O=C=NS(=O)(=O)c1ccccc1C1=COCCO1. The first kappa shape index (κ1) is 12.3. The second kappa shape index (κ2) is 5.03. The average molecular weight is 267 g/mol. The zero-order valence-electron chi connectivity index (χ0n) is 9.20. The highest BCUT2D eigenvalue weighted by atomic mass is 32.2. The first-order valence-corrected chi connectivity index (χ1v) is 6.47. The summed E-state index contributed by atoms with van der Waals surface area (Å²) >= 11 is 0. The molecule has 18 heavy (non-hydrogen) atoms. The van der Waals surface area contributed by atoms with E-state index in [-0.39, 0.29) is 4.90 Å². The molecule has 1 aliphatic rings. The molecular formula is C11H9NO5S. The van der Waals surface area contributed by atoms with Crippen LogP contribution in [0.1, 0.15) is 5.56 Å². The van der Waals surface area contributed by atoms with Crippen LogP contribution < -0.4 is 0 Å². The molecule has 2 rings (SSSR count). The van der Waals surface area contributed by atoms with Gasteiger partial charge in [0.25, 0.3) is 16.1 Å². The monoisotopic (exact) mass is 267 g/mol. The largest absolute Gasteiger partial charge is 0.494 e. The molecule has 1 aromatic rings. The van der Waals surface area contributed by atoms with Crippen molar-refractivity contribution in [2.75, 3.05) is 13.2 Å². The van der Waals surface area contributed by atoms with Crippen molar-refractivity contribution in [3.63, 3.8) is 0 Å². The van der Waals surface area contributed by atoms with Gasteiger partial charge in [-0.3, -0.25) is 0 Å². The molecule has 1 aliphatic heterocycles. The Morgan fingerprint density at radius 2 is 2.00 bits per heavy atom. The fraction of sp³-hybridized carbons (Fsp3) is 0.182. The maximum Gasteiger partial charge on any atom is 0.293 e. The molecule has 7 heteroatoms. The average Bonchev–Trinajstić information content (AvgIpc) is 2.40. The number of nitrogens with zero attached hydrogens (tertiary/aromatic N) is 1. The maximum atomic E-state index is 11.7. The van der Waals surface area contributed by atoms with Gasteiger partial charge in [0.2, 0.25) is 0 Å². The molecule has 0 spiro atoms. The predicted molar refractivity (Wildman–Crippen MR) is 61.6 cm³/mol. The van der Waals surface area contributed by atoms with E-state index in [2.05, 4.69) is 4.40 Å². The number of rotatable bonds is 3. The summed E-state index contributed by atoms with van der Waals surface area (Å²) in [4.78, 5) is 10.0. The number of hydrogen-bond donors (Lipinski definition) is 0. The highest BCUT2D eigenvalue weighted by Crippen LogP contribution is 2.26. The maximum absolute atomic E-state index is 11.7. The molecule has 0 aliphatic carbocycles. The summed E-state index contributed by atoms with van der Waals surface area (Å²) < 4.78 is 36.7. The summed E-state index contributed by atoms with van der Waals surface area (Å²) in [5.74, 6) is 0.293. The third-order valence-electron chi connectivity index (χ3n) is 2.24. The van der Waals surface area contributed by atoms with Gasteiger partial charge in [-0.1, -0.05) is 16.5 Å². The van der Waals surface area contributed by atoms with Crippen LogP contribution in [0.2, 0.25) is 0 Å². The molecule has 0 fully saturated rings. The highest BCUT2D eigenvalue weighted by Gasteiger charge is 2.21. The molecule has 0 aromatic heterocycles. The van der Waals surface area contributed by atoms with E-state index < -0.39 is 10.0 Å². The lowest BCUT2D eigenvalue weighted by molar-refractivity contribution is 0.125. The Bertz CT molecular complexity index is 629. The number of carbonyl (C=O) groups excluding carboxylic acids is 1. The van der Waals surface area contributed by atoms with Gasteiger partial charge in [0.05, 0.1) is 0 Å². The third-order valence-corrected chi connectivity index (χ3v) is 3.46. The molecule has 0 bridgehead atoms.